The Morgan fingerprint density at radius 1 is 1.20 bits per heavy atom. The first kappa shape index (κ1) is 16.5. The van der Waals surface area contributed by atoms with Gasteiger partial charge < -0.3 is 15.2 Å². The van der Waals surface area contributed by atoms with E-state index in [1.54, 1.807) is 24.3 Å². The molecule has 1 atom stereocenters. The van der Waals surface area contributed by atoms with Crippen LogP contribution in [0.5, 0.6) is 5.75 Å². The summed E-state index contributed by atoms with van der Waals surface area (Å²) in [6.07, 6.45) is 1.34. The van der Waals surface area contributed by atoms with Crippen molar-refractivity contribution in [2.75, 3.05) is 13.2 Å². The van der Waals surface area contributed by atoms with Crippen molar-refractivity contribution in [1.29, 1.82) is 0 Å². The Labute approximate surface area is 121 Å². The van der Waals surface area contributed by atoms with Crippen LogP contribution >= 0.6 is 0 Å². The number of hydrogen-bond acceptors (Lipinski definition) is 3. The van der Waals surface area contributed by atoms with Gasteiger partial charge in [-0.3, -0.25) is 4.79 Å². The topological polar surface area (TPSA) is 58.6 Å². The van der Waals surface area contributed by atoms with Gasteiger partial charge in [0, 0.05) is 12.1 Å². The van der Waals surface area contributed by atoms with E-state index in [9.17, 15) is 9.90 Å². The third-order valence-corrected chi connectivity index (χ3v) is 3.49. The van der Waals surface area contributed by atoms with Gasteiger partial charge in [-0.05, 0) is 37.1 Å². The molecule has 1 amide bonds. The molecule has 0 aromatic heterocycles. The van der Waals surface area contributed by atoms with Crippen molar-refractivity contribution in [2.45, 2.75) is 39.7 Å². The fraction of sp³-hybridized carbons (Fsp3) is 0.562. The maximum atomic E-state index is 12.0. The van der Waals surface area contributed by atoms with Crippen LogP contribution in [0.1, 0.15) is 44.0 Å². The Morgan fingerprint density at radius 3 is 2.30 bits per heavy atom. The standard InChI is InChI=1S/C16H25NO3/c1-4-12(5-2)15(18)11-17-16(19)13-7-9-14(10-8-13)20-6-3/h7-10,12,15,18H,4-6,11H2,1-3H3,(H,17,19). The molecule has 0 bridgehead atoms. The van der Waals surface area contributed by atoms with Crippen LogP contribution in [-0.4, -0.2) is 30.3 Å². The van der Waals surface area contributed by atoms with Crippen LogP contribution in [0.25, 0.3) is 0 Å². The van der Waals surface area contributed by atoms with Crippen molar-refractivity contribution < 1.29 is 14.6 Å². The van der Waals surface area contributed by atoms with Crippen LogP contribution in [0, 0.1) is 5.92 Å². The van der Waals surface area contributed by atoms with E-state index in [-0.39, 0.29) is 11.8 Å². The molecule has 0 heterocycles. The van der Waals surface area contributed by atoms with Crippen molar-refractivity contribution in [3.8, 4) is 5.75 Å². The van der Waals surface area contributed by atoms with Gasteiger partial charge in [0.2, 0.25) is 0 Å². The second-order valence-corrected chi connectivity index (χ2v) is 4.81. The van der Waals surface area contributed by atoms with Gasteiger partial charge in [-0.25, -0.2) is 0 Å². The first-order valence-corrected chi connectivity index (χ1v) is 7.31. The summed E-state index contributed by atoms with van der Waals surface area (Å²) in [5, 5.41) is 12.8. The first-order valence-electron chi connectivity index (χ1n) is 7.31. The summed E-state index contributed by atoms with van der Waals surface area (Å²) in [7, 11) is 0. The monoisotopic (exact) mass is 279 g/mol. The highest BCUT2D eigenvalue weighted by atomic mass is 16.5. The van der Waals surface area contributed by atoms with E-state index in [0.29, 0.717) is 18.7 Å². The van der Waals surface area contributed by atoms with Gasteiger partial charge in [0.1, 0.15) is 5.75 Å². The maximum absolute atomic E-state index is 12.0. The van der Waals surface area contributed by atoms with Crippen molar-refractivity contribution in [2.24, 2.45) is 5.92 Å². The normalized spacial score (nSPS) is 12.2. The first-order chi connectivity index (χ1) is 9.62. The number of hydrogen-bond donors (Lipinski definition) is 2. The Kier molecular flexibility index (Phi) is 7.09. The molecule has 0 spiro atoms. The molecule has 0 saturated carbocycles. The van der Waals surface area contributed by atoms with Crippen LogP contribution in [0.15, 0.2) is 24.3 Å². The molecule has 0 aliphatic heterocycles. The third-order valence-electron chi connectivity index (χ3n) is 3.49. The van der Waals surface area contributed by atoms with Gasteiger partial charge >= 0.3 is 0 Å². The molecule has 1 aromatic rings. The predicted octanol–water partition coefficient (Wildman–Crippen LogP) is 2.61. The fourth-order valence-electron chi connectivity index (χ4n) is 2.17. The summed E-state index contributed by atoms with van der Waals surface area (Å²) in [6.45, 7) is 6.91. The molecule has 0 saturated heterocycles. The van der Waals surface area contributed by atoms with E-state index in [4.69, 9.17) is 4.74 Å². The zero-order valence-electron chi connectivity index (χ0n) is 12.6. The van der Waals surface area contributed by atoms with E-state index in [0.717, 1.165) is 18.6 Å². The van der Waals surface area contributed by atoms with Crippen LogP contribution in [0.2, 0.25) is 0 Å². The van der Waals surface area contributed by atoms with E-state index >= 15 is 0 Å². The van der Waals surface area contributed by atoms with Crippen LogP contribution in [0.3, 0.4) is 0 Å². The lowest BCUT2D eigenvalue weighted by molar-refractivity contribution is 0.0816. The average Bonchev–Trinajstić information content (AvgIpc) is 2.47. The van der Waals surface area contributed by atoms with E-state index < -0.39 is 6.10 Å². The number of carbonyl (C=O) groups is 1. The number of aliphatic hydroxyl groups excluding tert-OH is 1. The summed E-state index contributed by atoms with van der Waals surface area (Å²) in [6, 6.07) is 7.00. The van der Waals surface area contributed by atoms with Gasteiger partial charge in [-0.15, -0.1) is 0 Å². The van der Waals surface area contributed by atoms with Crippen molar-refractivity contribution in [1.82, 2.24) is 5.32 Å². The van der Waals surface area contributed by atoms with Crippen molar-refractivity contribution in [3.05, 3.63) is 29.8 Å². The molecule has 1 rings (SSSR count). The Hall–Kier alpha value is -1.55. The zero-order valence-corrected chi connectivity index (χ0v) is 12.6. The summed E-state index contributed by atoms with van der Waals surface area (Å²) >= 11 is 0. The second kappa shape index (κ2) is 8.59. The number of amides is 1. The van der Waals surface area contributed by atoms with Gasteiger partial charge in [0.05, 0.1) is 12.7 Å². The SMILES string of the molecule is CCOc1ccc(C(=O)NCC(O)C(CC)CC)cc1. The molecule has 0 aliphatic rings. The highest BCUT2D eigenvalue weighted by molar-refractivity contribution is 5.94. The fourth-order valence-corrected chi connectivity index (χ4v) is 2.17. The number of aliphatic hydroxyl groups is 1. The van der Waals surface area contributed by atoms with Crippen molar-refractivity contribution in [3.63, 3.8) is 0 Å². The molecular weight excluding hydrogens is 254 g/mol. The molecule has 0 fully saturated rings. The number of nitrogens with one attached hydrogen (secondary N) is 1. The van der Waals surface area contributed by atoms with E-state index in [1.807, 2.05) is 20.8 Å². The minimum atomic E-state index is -0.489. The Morgan fingerprint density at radius 2 is 1.80 bits per heavy atom. The second-order valence-electron chi connectivity index (χ2n) is 4.81. The third kappa shape index (κ3) is 4.85. The van der Waals surface area contributed by atoms with Crippen LogP contribution < -0.4 is 10.1 Å². The molecule has 4 heteroatoms. The smallest absolute Gasteiger partial charge is 0.251 e. The van der Waals surface area contributed by atoms with Crippen LogP contribution in [0.4, 0.5) is 0 Å². The number of carbonyl (C=O) groups excluding carboxylic acids is 1. The average molecular weight is 279 g/mol. The highest BCUT2D eigenvalue weighted by Gasteiger charge is 2.16. The predicted molar refractivity (Wildman–Crippen MR) is 80.0 cm³/mol. The molecule has 0 radical (unpaired) electrons. The maximum Gasteiger partial charge on any atom is 0.251 e. The summed E-state index contributed by atoms with van der Waals surface area (Å²) in [5.41, 5.74) is 0.574. The molecule has 1 aromatic carbocycles. The lowest BCUT2D eigenvalue weighted by Gasteiger charge is -2.20. The molecule has 2 N–H and O–H groups in total. The summed E-state index contributed by atoms with van der Waals surface area (Å²) < 4.78 is 5.33. The van der Waals surface area contributed by atoms with Gasteiger partial charge in [0.25, 0.3) is 5.91 Å². The van der Waals surface area contributed by atoms with E-state index in [2.05, 4.69) is 5.32 Å². The Balaban J connectivity index is 2.50. The molecule has 1 unspecified atom stereocenters. The van der Waals surface area contributed by atoms with Crippen LogP contribution in [-0.2, 0) is 0 Å². The highest BCUT2D eigenvalue weighted by Crippen LogP contribution is 2.14. The lowest BCUT2D eigenvalue weighted by atomic mass is 9.96. The van der Waals surface area contributed by atoms with Crippen molar-refractivity contribution >= 4 is 5.91 Å². The molecule has 4 nitrogen and oxygen atoms in total. The Bertz CT molecular complexity index is 399. The largest absolute Gasteiger partial charge is 0.494 e. The number of rotatable bonds is 8. The molecule has 112 valence electrons. The van der Waals surface area contributed by atoms with E-state index in [1.165, 1.54) is 0 Å². The quantitative estimate of drug-likeness (QED) is 0.769. The minimum absolute atomic E-state index is 0.168. The zero-order chi connectivity index (χ0) is 15.0. The summed E-state index contributed by atoms with van der Waals surface area (Å²) in [5.74, 6) is 0.815. The molecular formula is C16H25NO3. The minimum Gasteiger partial charge on any atom is -0.494 e. The summed E-state index contributed by atoms with van der Waals surface area (Å²) in [4.78, 5) is 12.0. The number of benzene rings is 1. The van der Waals surface area contributed by atoms with Gasteiger partial charge in [-0.2, -0.15) is 0 Å². The van der Waals surface area contributed by atoms with Gasteiger partial charge in [-0.1, -0.05) is 26.7 Å². The molecule has 20 heavy (non-hydrogen) atoms. The number of ether oxygens (including phenoxy) is 1. The lowest BCUT2D eigenvalue weighted by Crippen LogP contribution is -2.36. The molecule has 0 aliphatic carbocycles. The van der Waals surface area contributed by atoms with Gasteiger partial charge in [0.15, 0.2) is 0 Å².